The van der Waals surface area contributed by atoms with E-state index in [0.717, 1.165) is 11.4 Å². The molecule has 0 N–H and O–H groups in total. The molecule has 0 saturated carbocycles. The molecule has 1 aliphatic carbocycles. The summed E-state index contributed by atoms with van der Waals surface area (Å²) in [4.78, 5) is 2.40. The van der Waals surface area contributed by atoms with Crippen molar-refractivity contribution in [2.45, 2.75) is 26.2 Å². The quantitative estimate of drug-likeness (QED) is 0.173. The van der Waals surface area contributed by atoms with E-state index in [1.807, 2.05) is 0 Å². The van der Waals surface area contributed by atoms with E-state index in [-0.39, 0.29) is 5.41 Å². The SMILES string of the molecule is Cc1ccc(N(c2ccc3c(c2)C(C)(C)c2cc(-c4ccc(-c5ccc(-c6ccccc6)cc5)cc4)ccc2-3)c2ccc3ccccc3c2)cc1. The van der Waals surface area contributed by atoms with Gasteiger partial charge in [-0.1, -0.05) is 159 Å². The van der Waals surface area contributed by atoms with E-state index in [9.17, 15) is 0 Å². The smallest absolute Gasteiger partial charge is 0.0468 e. The van der Waals surface area contributed by atoms with Crippen molar-refractivity contribution >= 4 is 27.8 Å². The Labute approximate surface area is 301 Å². The van der Waals surface area contributed by atoms with Crippen LogP contribution in [0, 0.1) is 6.92 Å². The molecule has 0 atom stereocenters. The third-order valence-electron chi connectivity index (χ3n) is 10.7. The first kappa shape index (κ1) is 30.8. The second-order valence-electron chi connectivity index (χ2n) is 14.3. The van der Waals surface area contributed by atoms with E-state index in [1.54, 1.807) is 0 Å². The highest BCUT2D eigenvalue weighted by Crippen LogP contribution is 2.51. The number of fused-ring (bicyclic) bond motifs is 4. The van der Waals surface area contributed by atoms with Crippen molar-refractivity contribution < 1.29 is 0 Å². The number of hydrogen-bond donors (Lipinski definition) is 0. The van der Waals surface area contributed by atoms with Crippen LogP contribution in [0.25, 0.3) is 55.3 Å². The lowest BCUT2D eigenvalue weighted by Gasteiger charge is -2.28. The first-order valence-electron chi connectivity index (χ1n) is 17.8. The van der Waals surface area contributed by atoms with E-state index in [1.165, 1.54) is 77.7 Å². The van der Waals surface area contributed by atoms with Gasteiger partial charge in [-0.2, -0.15) is 0 Å². The van der Waals surface area contributed by atoms with Crippen molar-refractivity contribution in [3.05, 3.63) is 199 Å². The van der Waals surface area contributed by atoms with Gasteiger partial charge in [0.25, 0.3) is 0 Å². The Hall–Kier alpha value is -6.18. The van der Waals surface area contributed by atoms with Gasteiger partial charge in [0.15, 0.2) is 0 Å². The lowest BCUT2D eigenvalue weighted by Crippen LogP contribution is -2.16. The highest BCUT2D eigenvalue weighted by molar-refractivity contribution is 5.91. The molecule has 1 aliphatic rings. The summed E-state index contributed by atoms with van der Waals surface area (Å²) in [5.41, 5.74) is 17.4. The Morgan fingerprint density at radius 2 is 0.804 bits per heavy atom. The molecule has 1 nitrogen and oxygen atoms in total. The van der Waals surface area contributed by atoms with Gasteiger partial charge in [-0.05, 0) is 116 Å². The minimum absolute atomic E-state index is 0.153. The van der Waals surface area contributed by atoms with Gasteiger partial charge >= 0.3 is 0 Å². The van der Waals surface area contributed by atoms with Crippen LogP contribution in [0.2, 0.25) is 0 Å². The number of hydrogen-bond acceptors (Lipinski definition) is 1. The van der Waals surface area contributed by atoms with Gasteiger partial charge < -0.3 is 4.90 Å². The lowest BCUT2D eigenvalue weighted by atomic mass is 9.81. The number of aryl methyl sites for hydroxylation is 1. The maximum Gasteiger partial charge on any atom is 0.0468 e. The highest BCUT2D eigenvalue weighted by Gasteiger charge is 2.36. The molecule has 0 fully saturated rings. The summed E-state index contributed by atoms with van der Waals surface area (Å²) in [5.74, 6) is 0. The van der Waals surface area contributed by atoms with Crippen molar-refractivity contribution in [2.24, 2.45) is 0 Å². The van der Waals surface area contributed by atoms with Crippen LogP contribution < -0.4 is 4.90 Å². The van der Waals surface area contributed by atoms with Crippen LogP contribution in [0.5, 0.6) is 0 Å². The molecule has 8 aromatic carbocycles. The number of benzene rings is 8. The maximum atomic E-state index is 2.42. The maximum absolute atomic E-state index is 2.42. The van der Waals surface area contributed by atoms with E-state index < -0.39 is 0 Å². The molecular formula is C50H39N. The fourth-order valence-corrected chi connectivity index (χ4v) is 7.84. The van der Waals surface area contributed by atoms with Crippen LogP contribution in [0.15, 0.2) is 182 Å². The molecule has 0 radical (unpaired) electrons. The molecular weight excluding hydrogens is 615 g/mol. The molecule has 0 aliphatic heterocycles. The summed E-state index contributed by atoms with van der Waals surface area (Å²) in [5, 5.41) is 2.49. The largest absolute Gasteiger partial charge is 0.310 e. The predicted molar refractivity (Wildman–Crippen MR) is 217 cm³/mol. The van der Waals surface area contributed by atoms with Gasteiger partial charge in [0.05, 0.1) is 0 Å². The molecule has 8 aromatic rings. The molecule has 1 heteroatoms. The topological polar surface area (TPSA) is 3.24 Å². The van der Waals surface area contributed by atoms with Crippen LogP contribution in [0.4, 0.5) is 17.1 Å². The van der Waals surface area contributed by atoms with Crippen molar-refractivity contribution in [1.82, 2.24) is 0 Å². The molecule has 0 spiro atoms. The second kappa shape index (κ2) is 12.3. The molecule has 0 amide bonds. The fourth-order valence-electron chi connectivity index (χ4n) is 7.84. The Morgan fingerprint density at radius 1 is 0.353 bits per heavy atom. The Bertz CT molecular complexity index is 2520. The molecule has 0 saturated heterocycles. The van der Waals surface area contributed by atoms with Crippen molar-refractivity contribution in [3.63, 3.8) is 0 Å². The molecule has 0 aromatic heterocycles. The van der Waals surface area contributed by atoms with Gasteiger partial charge in [-0.25, -0.2) is 0 Å². The lowest BCUT2D eigenvalue weighted by molar-refractivity contribution is 0.660. The van der Waals surface area contributed by atoms with E-state index in [2.05, 4.69) is 208 Å². The van der Waals surface area contributed by atoms with Crippen molar-refractivity contribution in [1.29, 1.82) is 0 Å². The van der Waals surface area contributed by atoms with Crippen LogP contribution in [-0.4, -0.2) is 0 Å². The standard InChI is InChI=1S/C50H39N/c1-34-13-25-43(26-14-34)51(44-27-23-36-11-7-8-12-41(36)31-44)45-28-30-47-46-29-24-42(32-48(46)50(2,3)49(47)33-45)40-21-19-39(20-22-40)38-17-15-37(16-18-38)35-9-5-4-6-10-35/h4-33H,1-3H3. The average molecular weight is 654 g/mol. The van der Waals surface area contributed by atoms with E-state index in [0.29, 0.717) is 0 Å². The van der Waals surface area contributed by atoms with Gasteiger partial charge in [-0.3, -0.25) is 0 Å². The minimum atomic E-state index is -0.153. The summed E-state index contributed by atoms with van der Waals surface area (Å²) in [6, 6.07) is 66.8. The molecule has 244 valence electrons. The summed E-state index contributed by atoms with van der Waals surface area (Å²) >= 11 is 0. The van der Waals surface area contributed by atoms with Crippen LogP contribution in [0.3, 0.4) is 0 Å². The predicted octanol–water partition coefficient (Wildman–Crippen LogP) is 13.9. The zero-order valence-electron chi connectivity index (χ0n) is 29.3. The van der Waals surface area contributed by atoms with Gasteiger partial charge in [-0.15, -0.1) is 0 Å². The van der Waals surface area contributed by atoms with E-state index in [4.69, 9.17) is 0 Å². The van der Waals surface area contributed by atoms with Gasteiger partial charge in [0.1, 0.15) is 0 Å². The summed E-state index contributed by atoms with van der Waals surface area (Å²) < 4.78 is 0. The van der Waals surface area contributed by atoms with Gasteiger partial charge in [0.2, 0.25) is 0 Å². The monoisotopic (exact) mass is 653 g/mol. The molecule has 51 heavy (non-hydrogen) atoms. The van der Waals surface area contributed by atoms with Crippen molar-refractivity contribution in [3.8, 4) is 44.5 Å². The molecule has 0 bridgehead atoms. The third kappa shape index (κ3) is 5.52. The Balaban J connectivity index is 1.04. The minimum Gasteiger partial charge on any atom is -0.310 e. The van der Waals surface area contributed by atoms with Crippen LogP contribution >= 0.6 is 0 Å². The third-order valence-corrected chi connectivity index (χ3v) is 10.7. The number of nitrogens with zero attached hydrogens (tertiary/aromatic N) is 1. The first-order chi connectivity index (χ1) is 24.9. The zero-order valence-corrected chi connectivity index (χ0v) is 29.3. The summed E-state index contributed by atoms with van der Waals surface area (Å²) in [6.45, 7) is 6.89. The molecule has 9 rings (SSSR count). The Morgan fingerprint density at radius 3 is 1.45 bits per heavy atom. The normalized spacial score (nSPS) is 12.8. The van der Waals surface area contributed by atoms with Crippen LogP contribution in [-0.2, 0) is 5.41 Å². The molecule has 0 heterocycles. The van der Waals surface area contributed by atoms with Gasteiger partial charge in [0, 0.05) is 22.5 Å². The summed E-state index contributed by atoms with van der Waals surface area (Å²) in [7, 11) is 0. The van der Waals surface area contributed by atoms with Crippen LogP contribution in [0.1, 0.15) is 30.5 Å². The fraction of sp³-hybridized carbons (Fsp3) is 0.0800. The number of rotatable bonds is 6. The second-order valence-corrected chi connectivity index (χ2v) is 14.3. The molecule has 0 unspecified atom stereocenters. The number of anilines is 3. The first-order valence-corrected chi connectivity index (χ1v) is 17.8. The highest BCUT2D eigenvalue weighted by atomic mass is 15.1. The summed E-state index contributed by atoms with van der Waals surface area (Å²) in [6.07, 6.45) is 0. The Kier molecular flexibility index (Phi) is 7.44. The average Bonchev–Trinajstić information content (AvgIpc) is 3.41. The van der Waals surface area contributed by atoms with Crippen molar-refractivity contribution in [2.75, 3.05) is 4.90 Å². The van der Waals surface area contributed by atoms with E-state index >= 15 is 0 Å². The zero-order chi connectivity index (χ0) is 34.5.